The van der Waals surface area contributed by atoms with Crippen LogP contribution >= 0.6 is 0 Å². The lowest BCUT2D eigenvalue weighted by Gasteiger charge is -2.23. The summed E-state index contributed by atoms with van der Waals surface area (Å²) >= 11 is 0. The molecular weight excluding hydrogens is 308 g/mol. The maximum Gasteiger partial charge on any atom is 0.268 e. The molecule has 24 heavy (non-hydrogen) atoms. The lowest BCUT2D eigenvalue weighted by molar-refractivity contribution is 0.0920. The molecule has 0 aliphatic heterocycles. The highest BCUT2D eigenvalue weighted by Gasteiger charge is 2.20. The first kappa shape index (κ1) is 17.6. The second kappa shape index (κ2) is 7.68. The molecule has 0 spiro atoms. The highest BCUT2D eigenvalue weighted by atomic mass is 16.5. The average molecular weight is 330 g/mol. The summed E-state index contributed by atoms with van der Waals surface area (Å²) in [6, 6.07) is 8.59. The Morgan fingerprint density at radius 3 is 2.29 bits per heavy atom. The molecule has 0 saturated carbocycles. The molecule has 1 atom stereocenters. The van der Waals surface area contributed by atoms with Crippen molar-refractivity contribution in [2.45, 2.75) is 19.9 Å². The van der Waals surface area contributed by atoms with Gasteiger partial charge in [-0.2, -0.15) is 0 Å². The lowest BCUT2D eigenvalue weighted by Crippen LogP contribution is -2.32. The number of amides is 1. The number of aromatic nitrogens is 1. The number of carbonyl (C=O) groups excluding carboxylic acids is 1. The SMILES string of the molecule is COc1ccc([C@@H](NC(=O)c2cc(=O)c(OC)c[nH]2)C(C)C)cc1. The number of hydrogen-bond donors (Lipinski definition) is 2. The van der Waals surface area contributed by atoms with Crippen LogP contribution in [0.2, 0.25) is 0 Å². The zero-order valence-electron chi connectivity index (χ0n) is 14.3. The summed E-state index contributed by atoms with van der Waals surface area (Å²) in [6.07, 6.45) is 1.38. The Hall–Kier alpha value is -2.76. The molecule has 2 rings (SSSR count). The number of pyridine rings is 1. The first-order valence-corrected chi connectivity index (χ1v) is 7.67. The molecule has 1 aromatic heterocycles. The van der Waals surface area contributed by atoms with Gasteiger partial charge in [-0.15, -0.1) is 0 Å². The topological polar surface area (TPSA) is 80.4 Å². The van der Waals surface area contributed by atoms with Crippen molar-refractivity contribution in [2.24, 2.45) is 5.92 Å². The summed E-state index contributed by atoms with van der Waals surface area (Å²) in [7, 11) is 3.01. The van der Waals surface area contributed by atoms with Crippen molar-refractivity contribution in [1.82, 2.24) is 10.3 Å². The van der Waals surface area contributed by atoms with Gasteiger partial charge in [-0.3, -0.25) is 9.59 Å². The summed E-state index contributed by atoms with van der Waals surface area (Å²) < 4.78 is 10.1. The van der Waals surface area contributed by atoms with Crippen LogP contribution < -0.4 is 20.2 Å². The first-order valence-electron chi connectivity index (χ1n) is 7.67. The molecule has 1 aromatic carbocycles. The molecule has 0 bridgehead atoms. The normalized spacial score (nSPS) is 11.9. The van der Waals surface area contributed by atoms with Gasteiger partial charge in [-0.25, -0.2) is 0 Å². The van der Waals surface area contributed by atoms with Crippen LogP contribution in [0.4, 0.5) is 0 Å². The van der Waals surface area contributed by atoms with Gasteiger partial charge in [-0.1, -0.05) is 26.0 Å². The lowest BCUT2D eigenvalue weighted by atomic mass is 9.95. The second-order valence-corrected chi connectivity index (χ2v) is 5.75. The van der Waals surface area contributed by atoms with Crippen molar-refractivity contribution in [3.8, 4) is 11.5 Å². The molecule has 0 unspecified atom stereocenters. The van der Waals surface area contributed by atoms with Gasteiger partial charge in [0.15, 0.2) is 5.75 Å². The monoisotopic (exact) mass is 330 g/mol. The molecule has 1 amide bonds. The van der Waals surface area contributed by atoms with Crippen LogP contribution in [-0.2, 0) is 0 Å². The van der Waals surface area contributed by atoms with E-state index in [1.54, 1.807) is 7.11 Å². The van der Waals surface area contributed by atoms with E-state index >= 15 is 0 Å². The number of rotatable bonds is 6. The van der Waals surface area contributed by atoms with Crippen LogP contribution in [0.15, 0.2) is 41.3 Å². The third-order valence-corrected chi connectivity index (χ3v) is 3.77. The third kappa shape index (κ3) is 3.95. The van der Waals surface area contributed by atoms with Crippen LogP contribution in [0.3, 0.4) is 0 Å². The van der Waals surface area contributed by atoms with E-state index in [0.717, 1.165) is 11.3 Å². The summed E-state index contributed by atoms with van der Waals surface area (Å²) in [6.45, 7) is 4.04. The fraction of sp³-hybridized carbons (Fsp3) is 0.333. The van der Waals surface area contributed by atoms with Crippen LogP contribution in [0.5, 0.6) is 11.5 Å². The number of carbonyl (C=O) groups is 1. The van der Waals surface area contributed by atoms with E-state index < -0.39 is 0 Å². The zero-order chi connectivity index (χ0) is 17.7. The number of aromatic amines is 1. The van der Waals surface area contributed by atoms with Crippen LogP contribution in [0.25, 0.3) is 0 Å². The van der Waals surface area contributed by atoms with E-state index in [1.807, 2.05) is 38.1 Å². The number of ether oxygens (including phenoxy) is 2. The van der Waals surface area contributed by atoms with Gasteiger partial charge in [0.2, 0.25) is 5.43 Å². The average Bonchev–Trinajstić information content (AvgIpc) is 2.59. The van der Waals surface area contributed by atoms with Gasteiger partial charge in [0, 0.05) is 12.3 Å². The van der Waals surface area contributed by atoms with E-state index in [2.05, 4.69) is 10.3 Å². The standard InChI is InChI=1S/C18H22N2O4/c1-11(2)17(12-5-7-13(23-3)8-6-12)20-18(22)14-9-15(21)16(24-4)10-19-14/h5-11,17H,1-4H3,(H,19,21)(H,20,22)/t17-/m0/s1. The minimum atomic E-state index is -0.343. The fourth-order valence-electron chi connectivity index (χ4n) is 2.41. The number of methoxy groups -OCH3 is 2. The summed E-state index contributed by atoms with van der Waals surface area (Å²) in [5.41, 5.74) is 0.821. The van der Waals surface area contributed by atoms with Gasteiger partial charge < -0.3 is 19.8 Å². The van der Waals surface area contributed by atoms with Crippen molar-refractivity contribution in [3.63, 3.8) is 0 Å². The van der Waals surface area contributed by atoms with Crippen molar-refractivity contribution in [1.29, 1.82) is 0 Å². The van der Waals surface area contributed by atoms with Crippen molar-refractivity contribution in [2.75, 3.05) is 14.2 Å². The molecule has 0 saturated heterocycles. The van der Waals surface area contributed by atoms with E-state index in [0.29, 0.717) is 0 Å². The van der Waals surface area contributed by atoms with Crippen LogP contribution in [-0.4, -0.2) is 25.1 Å². The number of H-pyrrole nitrogens is 1. The Labute approximate surface area is 140 Å². The van der Waals surface area contributed by atoms with Crippen molar-refractivity contribution < 1.29 is 14.3 Å². The third-order valence-electron chi connectivity index (χ3n) is 3.77. The summed E-state index contributed by atoms with van der Waals surface area (Å²) in [5, 5.41) is 2.96. The minimum Gasteiger partial charge on any atom is -0.497 e. The van der Waals surface area contributed by atoms with Gasteiger partial charge in [-0.05, 0) is 23.6 Å². The summed E-state index contributed by atoms with van der Waals surface area (Å²) in [4.78, 5) is 27.0. The molecule has 1 heterocycles. The number of nitrogens with one attached hydrogen (secondary N) is 2. The second-order valence-electron chi connectivity index (χ2n) is 5.75. The number of benzene rings is 1. The first-order chi connectivity index (χ1) is 11.5. The smallest absolute Gasteiger partial charge is 0.268 e. The highest BCUT2D eigenvalue weighted by Crippen LogP contribution is 2.24. The van der Waals surface area contributed by atoms with Crippen molar-refractivity contribution in [3.05, 3.63) is 58.0 Å². The van der Waals surface area contributed by atoms with Gasteiger partial charge >= 0.3 is 0 Å². The Bertz CT molecular complexity index is 750. The van der Waals surface area contributed by atoms with Gasteiger partial charge in [0.05, 0.1) is 20.3 Å². The molecule has 0 fully saturated rings. The molecule has 0 aliphatic rings. The molecule has 0 aliphatic carbocycles. The van der Waals surface area contributed by atoms with Gasteiger partial charge in [0.25, 0.3) is 5.91 Å². The van der Waals surface area contributed by atoms with E-state index in [-0.39, 0.29) is 34.7 Å². The van der Waals surface area contributed by atoms with E-state index in [1.165, 1.54) is 19.4 Å². The molecule has 0 radical (unpaired) electrons. The quantitative estimate of drug-likeness (QED) is 0.853. The molecule has 2 N–H and O–H groups in total. The Kier molecular flexibility index (Phi) is 5.63. The number of hydrogen-bond acceptors (Lipinski definition) is 4. The van der Waals surface area contributed by atoms with Crippen LogP contribution in [0, 0.1) is 5.92 Å². The molecular formula is C18H22N2O4. The maximum absolute atomic E-state index is 12.5. The molecule has 6 nitrogen and oxygen atoms in total. The highest BCUT2D eigenvalue weighted by molar-refractivity contribution is 5.92. The van der Waals surface area contributed by atoms with Crippen molar-refractivity contribution >= 4 is 5.91 Å². The fourth-order valence-corrected chi connectivity index (χ4v) is 2.41. The minimum absolute atomic E-state index is 0.169. The Morgan fingerprint density at radius 2 is 1.79 bits per heavy atom. The van der Waals surface area contributed by atoms with Gasteiger partial charge in [0.1, 0.15) is 11.4 Å². The van der Waals surface area contributed by atoms with E-state index in [9.17, 15) is 9.59 Å². The largest absolute Gasteiger partial charge is 0.497 e. The Morgan fingerprint density at radius 1 is 1.12 bits per heavy atom. The predicted octanol–water partition coefficient (Wildman–Crippen LogP) is 2.52. The predicted molar refractivity (Wildman–Crippen MR) is 91.7 cm³/mol. The Balaban J connectivity index is 2.22. The van der Waals surface area contributed by atoms with Crippen LogP contribution in [0.1, 0.15) is 35.9 Å². The van der Waals surface area contributed by atoms with E-state index in [4.69, 9.17) is 9.47 Å². The molecule has 2 aromatic rings. The zero-order valence-corrected chi connectivity index (χ0v) is 14.3. The molecule has 128 valence electrons. The summed E-state index contributed by atoms with van der Waals surface area (Å²) in [5.74, 6) is 0.755. The molecule has 6 heteroatoms. The maximum atomic E-state index is 12.5.